The van der Waals surface area contributed by atoms with Crippen LogP contribution < -0.4 is 5.73 Å². The summed E-state index contributed by atoms with van der Waals surface area (Å²) in [5, 5.41) is 0. The second-order valence-corrected chi connectivity index (χ2v) is 5.72. The summed E-state index contributed by atoms with van der Waals surface area (Å²) in [7, 11) is 0. The fourth-order valence-electron chi connectivity index (χ4n) is 1.34. The van der Waals surface area contributed by atoms with Crippen molar-refractivity contribution < 1.29 is 8.78 Å². The van der Waals surface area contributed by atoms with E-state index >= 15 is 0 Å². The van der Waals surface area contributed by atoms with E-state index in [0.717, 1.165) is 22.3 Å². The van der Waals surface area contributed by atoms with Crippen LogP contribution in [0.5, 0.6) is 0 Å². The Morgan fingerprint density at radius 2 is 2.17 bits per heavy atom. The number of aryl methyl sites for hydroxylation is 1. The van der Waals surface area contributed by atoms with Crippen molar-refractivity contribution in [3.05, 3.63) is 41.2 Å². The minimum absolute atomic E-state index is 0.366. The molecule has 96 valence electrons. The first kappa shape index (κ1) is 13.4. The van der Waals surface area contributed by atoms with Gasteiger partial charge < -0.3 is 5.73 Å². The molecule has 0 spiro atoms. The van der Waals surface area contributed by atoms with Gasteiger partial charge in [-0.1, -0.05) is 17.8 Å². The largest absolute Gasteiger partial charge is 0.323 e. The van der Waals surface area contributed by atoms with E-state index in [0.29, 0.717) is 11.3 Å². The van der Waals surface area contributed by atoms with E-state index in [1.165, 1.54) is 29.4 Å². The van der Waals surface area contributed by atoms with Gasteiger partial charge in [-0.15, -0.1) is 0 Å². The van der Waals surface area contributed by atoms with Gasteiger partial charge in [-0.05, 0) is 36.2 Å². The molecule has 1 unspecified atom stereocenters. The lowest BCUT2D eigenvalue weighted by Crippen LogP contribution is -2.13. The van der Waals surface area contributed by atoms with Crippen LogP contribution in [0.2, 0.25) is 0 Å². The van der Waals surface area contributed by atoms with Crippen LogP contribution in [-0.4, -0.2) is 15.1 Å². The molecule has 3 nitrogen and oxygen atoms in total. The first-order valence-electron chi connectivity index (χ1n) is 5.20. The summed E-state index contributed by atoms with van der Waals surface area (Å²) in [5.41, 5.74) is 6.49. The van der Waals surface area contributed by atoms with Crippen molar-refractivity contribution >= 4 is 23.3 Å². The lowest BCUT2D eigenvalue weighted by atomic mass is 10.1. The molecule has 0 radical (unpaired) electrons. The number of thioether (sulfide) groups is 1. The van der Waals surface area contributed by atoms with Crippen LogP contribution >= 0.6 is 23.3 Å². The molecule has 2 N–H and O–H groups in total. The van der Waals surface area contributed by atoms with E-state index < -0.39 is 11.6 Å². The van der Waals surface area contributed by atoms with Crippen LogP contribution in [0, 0.1) is 18.6 Å². The number of benzene rings is 1. The van der Waals surface area contributed by atoms with E-state index in [1.807, 2.05) is 6.92 Å². The monoisotopic (exact) mass is 287 g/mol. The molecule has 0 fully saturated rings. The lowest BCUT2D eigenvalue weighted by Gasteiger charge is -2.10. The molecule has 1 heterocycles. The number of hydrogen-bond acceptors (Lipinski definition) is 5. The summed E-state index contributed by atoms with van der Waals surface area (Å²) >= 11 is 2.76. The zero-order valence-electron chi connectivity index (χ0n) is 9.56. The predicted octanol–water partition coefficient (Wildman–Crippen LogP) is 2.92. The number of hydrogen-bond donors (Lipinski definition) is 1. The van der Waals surface area contributed by atoms with Crippen LogP contribution in [0.15, 0.2) is 22.5 Å². The number of nitrogens with two attached hydrogens (primary N) is 1. The Hall–Kier alpha value is -1.05. The highest BCUT2D eigenvalue weighted by Crippen LogP contribution is 2.25. The zero-order valence-corrected chi connectivity index (χ0v) is 11.2. The normalized spacial score (nSPS) is 12.7. The lowest BCUT2D eigenvalue weighted by molar-refractivity contribution is 0.506. The number of rotatable bonds is 4. The number of nitrogens with zero attached hydrogens (tertiary/aromatic N) is 2. The van der Waals surface area contributed by atoms with Crippen molar-refractivity contribution in [1.82, 2.24) is 9.36 Å². The van der Waals surface area contributed by atoms with Crippen molar-refractivity contribution in [3.8, 4) is 0 Å². The van der Waals surface area contributed by atoms with Crippen molar-refractivity contribution in [1.29, 1.82) is 0 Å². The van der Waals surface area contributed by atoms with Gasteiger partial charge in [-0.3, -0.25) is 0 Å². The molecule has 1 aromatic heterocycles. The molecule has 0 bridgehead atoms. The summed E-state index contributed by atoms with van der Waals surface area (Å²) in [6.45, 7) is 1.82. The molecule has 1 atom stereocenters. The smallest absolute Gasteiger partial charge is 0.170 e. The first-order valence-corrected chi connectivity index (χ1v) is 6.96. The van der Waals surface area contributed by atoms with E-state index in [4.69, 9.17) is 5.73 Å². The maximum Gasteiger partial charge on any atom is 0.170 e. The Bertz CT molecular complexity index is 545. The van der Waals surface area contributed by atoms with E-state index in [-0.39, 0.29) is 6.04 Å². The van der Waals surface area contributed by atoms with Gasteiger partial charge in [0.1, 0.15) is 5.82 Å². The molecular weight excluding hydrogens is 276 g/mol. The quantitative estimate of drug-likeness (QED) is 0.878. The molecule has 2 rings (SSSR count). The summed E-state index contributed by atoms with van der Waals surface area (Å²) < 4.78 is 30.7. The van der Waals surface area contributed by atoms with Crippen LogP contribution in [-0.2, 0) is 0 Å². The maximum absolute atomic E-state index is 13.0. The molecule has 0 saturated carbocycles. The third kappa shape index (κ3) is 3.24. The van der Waals surface area contributed by atoms with Crippen molar-refractivity contribution in [2.45, 2.75) is 17.3 Å². The fourth-order valence-corrected chi connectivity index (χ4v) is 3.00. The third-order valence-electron chi connectivity index (χ3n) is 2.27. The number of halogens is 2. The minimum Gasteiger partial charge on any atom is -0.323 e. The Labute approximate surface area is 112 Å². The molecule has 0 aliphatic rings. The summed E-state index contributed by atoms with van der Waals surface area (Å²) in [4.78, 5) is 4.19. The summed E-state index contributed by atoms with van der Waals surface area (Å²) in [6, 6.07) is 3.35. The Balaban J connectivity index is 1.99. The second kappa shape index (κ2) is 5.73. The molecule has 1 aromatic carbocycles. The standard InChI is InChI=1S/C11H11F2N3S2/c1-6-15-11(18-16-6)17-5-10(14)7-2-3-8(12)9(13)4-7/h2-4,10H,5,14H2,1H3. The Kier molecular flexibility index (Phi) is 4.26. The van der Waals surface area contributed by atoms with Gasteiger partial charge in [0.25, 0.3) is 0 Å². The van der Waals surface area contributed by atoms with Crippen molar-refractivity contribution in [3.63, 3.8) is 0 Å². The molecule has 7 heteroatoms. The summed E-state index contributed by atoms with van der Waals surface area (Å²) in [5.74, 6) is -0.471. The summed E-state index contributed by atoms with van der Waals surface area (Å²) in [6.07, 6.45) is 0. The average molecular weight is 287 g/mol. The van der Waals surface area contributed by atoms with Crippen molar-refractivity contribution in [2.75, 3.05) is 5.75 Å². The minimum atomic E-state index is -0.875. The molecular formula is C11H11F2N3S2. The molecule has 0 amide bonds. The molecule has 0 aliphatic carbocycles. The highest BCUT2D eigenvalue weighted by atomic mass is 32.2. The fraction of sp³-hybridized carbons (Fsp3) is 0.273. The van der Waals surface area contributed by atoms with Crippen molar-refractivity contribution in [2.24, 2.45) is 5.73 Å². The molecule has 2 aromatic rings. The third-order valence-corrected chi connectivity index (χ3v) is 4.31. The van der Waals surface area contributed by atoms with Crippen LogP contribution in [0.1, 0.15) is 17.4 Å². The van der Waals surface area contributed by atoms with Gasteiger partial charge in [0.05, 0.1) is 0 Å². The zero-order chi connectivity index (χ0) is 13.1. The Morgan fingerprint density at radius 1 is 1.39 bits per heavy atom. The van der Waals surface area contributed by atoms with Crippen LogP contribution in [0.3, 0.4) is 0 Å². The van der Waals surface area contributed by atoms with Gasteiger partial charge in [0.15, 0.2) is 16.0 Å². The van der Waals surface area contributed by atoms with Gasteiger partial charge in [-0.25, -0.2) is 13.8 Å². The van der Waals surface area contributed by atoms with Gasteiger partial charge in [0.2, 0.25) is 0 Å². The second-order valence-electron chi connectivity index (χ2n) is 3.70. The molecule has 0 aliphatic heterocycles. The molecule has 0 saturated heterocycles. The van der Waals surface area contributed by atoms with Gasteiger partial charge >= 0.3 is 0 Å². The van der Waals surface area contributed by atoms with Gasteiger partial charge in [-0.2, -0.15) is 4.37 Å². The van der Waals surface area contributed by atoms with Crippen LogP contribution in [0.4, 0.5) is 8.78 Å². The SMILES string of the molecule is Cc1nsc(SCC(N)c2ccc(F)c(F)c2)n1. The predicted molar refractivity (Wildman–Crippen MR) is 68.7 cm³/mol. The van der Waals surface area contributed by atoms with E-state index in [1.54, 1.807) is 0 Å². The first-order chi connectivity index (χ1) is 8.56. The highest BCUT2D eigenvalue weighted by Gasteiger charge is 2.11. The maximum atomic E-state index is 13.0. The highest BCUT2D eigenvalue weighted by molar-refractivity contribution is 8.00. The molecule has 18 heavy (non-hydrogen) atoms. The van der Waals surface area contributed by atoms with Gasteiger partial charge in [0, 0.05) is 11.8 Å². The van der Waals surface area contributed by atoms with E-state index in [9.17, 15) is 8.78 Å². The Morgan fingerprint density at radius 3 is 2.78 bits per heavy atom. The van der Waals surface area contributed by atoms with E-state index in [2.05, 4.69) is 9.36 Å². The average Bonchev–Trinajstić information content (AvgIpc) is 2.75. The number of aromatic nitrogens is 2. The topological polar surface area (TPSA) is 51.8 Å². The van der Waals surface area contributed by atoms with Crippen LogP contribution in [0.25, 0.3) is 0 Å².